The van der Waals surface area contributed by atoms with Crippen molar-refractivity contribution in [1.29, 1.82) is 0 Å². The van der Waals surface area contributed by atoms with Crippen LogP contribution >= 0.6 is 0 Å². The van der Waals surface area contributed by atoms with Gasteiger partial charge < -0.3 is 5.32 Å². The van der Waals surface area contributed by atoms with Gasteiger partial charge in [0.05, 0.1) is 6.26 Å². The van der Waals surface area contributed by atoms with Crippen LogP contribution in [0.5, 0.6) is 0 Å². The van der Waals surface area contributed by atoms with E-state index in [-0.39, 0.29) is 6.04 Å². The van der Waals surface area contributed by atoms with E-state index >= 15 is 0 Å². The molecule has 3 rings (SSSR count). The van der Waals surface area contributed by atoms with E-state index in [0.29, 0.717) is 25.0 Å². The van der Waals surface area contributed by atoms with Gasteiger partial charge in [-0.3, -0.25) is 0 Å². The summed E-state index contributed by atoms with van der Waals surface area (Å²) >= 11 is 0. The van der Waals surface area contributed by atoms with E-state index < -0.39 is 10.0 Å². The topological polar surface area (TPSA) is 75.2 Å². The van der Waals surface area contributed by atoms with Crippen molar-refractivity contribution in [2.75, 3.05) is 24.7 Å². The van der Waals surface area contributed by atoms with Crippen LogP contribution in [0.3, 0.4) is 0 Å². The highest BCUT2D eigenvalue weighted by Gasteiger charge is 2.29. The molecule has 7 heteroatoms. The summed E-state index contributed by atoms with van der Waals surface area (Å²) in [6.07, 6.45) is 8.85. The number of anilines is 1. The summed E-state index contributed by atoms with van der Waals surface area (Å²) in [5.74, 6) is 1.27. The molecule has 24 heavy (non-hydrogen) atoms. The Morgan fingerprint density at radius 1 is 1.21 bits per heavy atom. The molecule has 6 nitrogen and oxygen atoms in total. The van der Waals surface area contributed by atoms with Gasteiger partial charge in [-0.1, -0.05) is 12.8 Å². The molecule has 134 valence electrons. The van der Waals surface area contributed by atoms with E-state index in [4.69, 9.17) is 0 Å². The van der Waals surface area contributed by atoms with Crippen molar-refractivity contribution in [3.05, 3.63) is 17.5 Å². The largest absolute Gasteiger partial charge is 0.354 e. The number of sulfonamides is 1. The zero-order valence-corrected chi connectivity index (χ0v) is 15.5. The van der Waals surface area contributed by atoms with Gasteiger partial charge in [0.2, 0.25) is 16.0 Å². The van der Waals surface area contributed by atoms with Crippen molar-refractivity contribution < 1.29 is 8.42 Å². The second kappa shape index (κ2) is 7.35. The Kier molecular flexibility index (Phi) is 5.39. The van der Waals surface area contributed by atoms with Gasteiger partial charge in [-0.05, 0) is 45.1 Å². The fourth-order valence-corrected chi connectivity index (χ4v) is 4.85. The highest BCUT2D eigenvalue weighted by atomic mass is 32.2. The molecule has 2 aliphatic rings. The van der Waals surface area contributed by atoms with E-state index in [0.717, 1.165) is 37.1 Å². The highest BCUT2D eigenvalue weighted by molar-refractivity contribution is 7.88. The summed E-state index contributed by atoms with van der Waals surface area (Å²) in [4.78, 5) is 9.12. The number of aromatic nitrogens is 2. The first kappa shape index (κ1) is 17.6. The first-order valence-corrected chi connectivity index (χ1v) is 10.8. The van der Waals surface area contributed by atoms with Gasteiger partial charge in [-0.2, -0.15) is 4.31 Å². The SMILES string of the molecule is Cc1cc(C2CCC2)nc(NCC[C@H]2CCCCN2S(C)(=O)=O)n1. The molecule has 1 aromatic heterocycles. The maximum atomic E-state index is 11.9. The molecule has 0 amide bonds. The third-order valence-corrected chi connectivity index (χ3v) is 6.49. The second-order valence-electron chi connectivity index (χ2n) is 7.12. The predicted octanol–water partition coefficient (Wildman–Crippen LogP) is 2.67. The quantitative estimate of drug-likeness (QED) is 0.852. The van der Waals surface area contributed by atoms with Crippen LogP contribution < -0.4 is 5.32 Å². The van der Waals surface area contributed by atoms with Gasteiger partial charge in [-0.25, -0.2) is 18.4 Å². The van der Waals surface area contributed by atoms with Crippen LogP contribution in [0, 0.1) is 6.92 Å². The summed E-state index contributed by atoms with van der Waals surface area (Å²) in [6, 6.07) is 2.18. The minimum atomic E-state index is -3.12. The molecular weight excluding hydrogens is 324 g/mol. The highest BCUT2D eigenvalue weighted by Crippen LogP contribution is 2.35. The van der Waals surface area contributed by atoms with E-state index in [2.05, 4.69) is 21.4 Å². The van der Waals surface area contributed by atoms with E-state index in [1.54, 1.807) is 4.31 Å². The normalized spacial score (nSPS) is 23.0. The molecular formula is C17H28N4O2S. The van der Waals surface area contributed by atoms with Gasteiger partial charge >= 0.3 is 0 Å². The Balaban J connectivity index is 1.58. The van der Waals surface area contributed by atoms with Gasteiger partial charge in [0.1, 0.15) is 0 Å². The van der Waals surface area contributed by atoms with E-state index in [1.165, 1.54) is 25.5 Å². The van der Waals surface area contributed by atoms with Crippen molar-refractivity contribution in [3.63, 3.8) is 0 Å². The lowest BCUT2D eigenvalue weighted by Gasteiger charge is -2.33. The van der Waals surface area contributed by atoms with Crippen LogP contribution in [-0.2, 0) is 10.0 Å². The average Bonchev–Trinajstić information content (AvgIpc) is 2.44. The van der Waals surface area contributed by atoms with Crippen molar-refractivity contribution in [3.8, 4) is 0 Å². The lowest BCUT2D eigenvalue weighted by molar-refractivity contribution is 0.246. The average molecular weight is 353 g/mol. The smallest absolute Gasteiger partial charge is 0.223 e. The number of hydrogen-bond acceptors (Lipinski definition) is 5. The zero-order chi connectivity index (χ0) is 17.2. The Bertz CT molecular complexity index is 673. The molecule has 2 fully saturated rings. The van der Waals surface area contributed by atoms with Gasteiger partial charge in [0.25, 0.3) is 0 Å². The predicted molar refractivity (Wildman–Crippen MR) is 95.7 cm³/mol. The van der Waals surface area contributed by atoms with Crippen LogP contribution in [0.4, 0.5) is 5.95 Å². The zero-order valence-electron chi connectivity index (χ0n) is 14.7. The number of piperidine rings is 1. The molecule has 0 aromatic carbocycles. The van der Waals surface area contributed by atoms with Gasteiger partial charge in [0, 0.05) is 36.4 Å². The number of rotatable bonds is 6. The summed E-state index contributed by atoms with van der Waals surface area (Å²) in [5.41, 5.74) is 2.14. The summed E-state index contributed by atoms with van der Waals surface area (Å²) in [6.45, 7) is 3.35. The van der Waals surface area contributed by atoms with Crippen LogP contribution in [0.1, 0.15) is 62.3 Å². The Hall–Kier alpha value is -1.21. The van der Waals surface area contributed by atoms with Crippen molar-refractivity contribution in [2.45, 2.75) is 63.8 Å². The number of nitrogens with zero attached hydrogens (tertiary/aromatic N) is 3. The number of nitrogens with one attached hydrogen (secondary N) is 1. The van der Waals surface area contributed by atoms with Crippen LogP contribution in [0.15, 0.2) is 6.07 Å². The van der Waals surface area contributed by atoms with Gasteiger partial charge in [0.15, 0.2) is 0 Å². The maximum absolute atomic E-state index is 11.9. The summed E-state index contributed by atoms with van der Waals surface area (Å²) in [7, 11) is -3.12. The molecule has 1 aliphatic heterocycles. The molecule has 0 spiro atoms. The molecule has 1 saturated carbocycles. The fourth-order valence-electron chi connectivity index (χ4n) is 3.63. The molecule has 1 saturated heterocycles. The Morgan fingerprint density at radius 3 is 2.67 bits per heavy atom. The Morgan fingerprint density at radius 2 is 2.00 bits per heavy atom. The molecule has 0 unspecified atom stereocenters. The van der Waals surface area contributed by atoms with Crippen LogP contribution in [-0.4, -0.2) is 48.1 Å². The molecule has 0 bridgehead atoms. The second-order valence-corrected chi connectivity index (χ2v) is 9.06. The van der Waals surface area contributed by atoms with Gasteiger partial charge in [-0.15, -0.1) is 0 Å². The first-order chi connectivity index (χ1) is 11.4. The monoisotopic (exact) mass is 352 g/mol. The molecule has 1 N–H and O–H groups in total. The van der Waals surface area contributed by atoms with Crippen molar-refractivity contribution in [1.82, 2.24) is 14.3 Å². The van der Waals surface area contributed by atoms with E-state index in [9.17, 15) is 8.42 Å². The molecule has 1 aliphatic carbocycles. The first-order valence-electron chi connectivity index (χ1n) is 9.00. The molecule has 1 aromatic rings. The Labute approximate surface area is 145 Å². The van der Waals surface area contributed by atoms with Crippen LogP contribution in [0.2, 0.25) is 0 Å². The lowest BCUT2D eigenvalue weighted by atomic mass is 9.83. The fraction of sp³-hybridized carbons (Fsp3) is 0.765. The maximum Gasteiger partial charge on any atom is 0.223 e. The minimum Gasteiger partial charge on any atom is -0.354 e. The third kappa shape index (κ3) is 4.25. The van der Waals surface area contributed by atoms with Crippen LogP contribution in [0.25, 0.3) is 0 Å². The molecule has 0 radical (unpaired) electrons. The number of aryl methyl sites for hydroxylation is 1. The van der Waals surface area contributed by atoms with E-state index in [1.807, 2.05) is 6.92 Å². The van der Waals surface area contributed by atoms with Crippen molar-refractivity contribution >= 4 is 16.0 Å². The standard InChI is InChI=1S/C17H28N4O2S/c1-13-12-16(14-6-5-7-14)20-17(19-13)18-10-9-15-8-3-4-11-21(15)24(2,22)23/h12,14-15H,3-11H2,1-2H3,(H,18,19,20)/t15-/m1/s1. The summed E-state index contributed by atoms with van der Waals surface area (Å²) in [5, 5.41) is 3.30. The summed E-state index contributed by atoms with van der Waals surface area (Å²) < 4.78 is 25.5. The molecule has 2 heterocycles. The lowest BCUT2D eigenvalue weighted by Crippen LogP contribution is -2.43. The third-order valence-electron chi connectivity index (χ3n) is 5.16. The number of hydrogen-bond donors (Lipinski definition) is 1. The molecule has 1 atom stereocenters. The van der Waals surface area contributed by atoms with Crippen molar-refractivity contribution in [2.24, 2.45) is 0 Å². The minimum absolute atomic E-state index is 0.0946.